The van der Waals surface area contributed by atoms with Gasteiger partial charge in [0.1, 0.15) is 11.9 Å². The van der Waals surface area contributed by atoms with E-state index in [1.807, 2.05) is 0 Å². The predicted octanol–water partition coefficient (Wildman–Crippen LogP) is 6.49. The largest absolute Gasteiger partial charge is 0.489 e. The summed E-state index contributed by atoms with van der Waals surface area (Å²) in [5.41, 5.74) is 4.45. The molecule has 0 aliphatic carbocycles. The van der Waals surface area contributed by atoms with Gasteiger partial charge in [-0.15, -0.1) is 0 Å². The van der Waals surface area contributed by atoms with Crippen LogP contribution in [0.3, 0.4) is 0 Å². The number of fused-ring (bicyclic) bond motifs is 3. The maximum absolute atomic E-state index is 6.50. The minimum atomic E-state index is 0.276. The molecule has 0 bridgehead atoms. The Bertz CT molecular complexity index is 813. The van der Waals surface area contributed by atoms with E-state index in [1.54, 1.807) is 12.1 Å². The van der Waals surface area contributed by atoms with Crippen molar-refractivity contribution in [3.05, 3.63) is 50.5 Å². The van der Waals surface area contributed by atoms with Gasteiger partial charge in [0.05, 0.1) is 10.0 Å². The number of nitrogens with one attached hydrogen (secondary N) is 1. The summed E-state index contributed by atoms with van der Waals surface area (Å²) in [4.78, 5) is 0. The highest BCUT2D eigenvalue weighted by Crippen LogP contribution is 2.47. The summed E-state index contributed by atoms with van der Waals surface area (Å²) in [7, 11) is 0. The van der Waals surface area contributed by atoms with Gasteiger partial charge in [0.2, 0.25) is 0 Å². The van der Waals surface area contributed by atoms with Crippen molar-refractivity contribution in [1.29, 1.82) is 0 Å². The van der Waals surface area contributed by atoms with Crippen LogP contribution in [-0.4, -0.2) is 19.2 Å². The number of benzene rings is 2. The highest BCUT2D eigenvalue weighted by molar-refractivity contribution is 6.41. The number of hydrogen-bond donors (Lipinski definition) is 1. The van der Waals surface area contributed by atoms with E-state index in [4.69, 9.17) is 39.5 Å². The smallest absolute Gasteiger partial charge is 0.126 e. The van der Waals surface area contributed by atoms with Crippen LogP contribution in [0, 0.1) is 0 Å². The zero-order chi connectivity index (χ0) is 18.3. The fraction of sp³-hybridized carbons (Fsp3) is 0.429. The first-order chi connectivity index (χ1) is 12.6. The lowest BCUT2D eigenvalue weighted by atomic mass is 9.87. The molecule has 4 rings (SSSR count). The normalized spacial score (nSPS) is 21.2. The second kappa shape index (κ2) is 7.59. The number of piperidine rings is 1. The molecule has 2 aromatic carbocycles. The molecule has 1 N–H and O–H groups in total. The third kappa shape index (κ3) is 3.33. The van der Waals surface area contributed by atoms with E-state index in [0.29, 0.717) is 21.0 Å². The van der Waals surface area contributed by atoms with Crippen LogP contribution in [0.1, 0.15) is 43.2 Å². The molecular formula is C21H22Cl3NO. The molecule has 1 fully saturated rings. The van der Waals surface area contributed by atoms with Crippen LogP contribution < -0.4 is 10.1 Å². The van der Waals surface area contributed by atoms with Crippen LogP contribution in [0.4, 0.5) is 0 Å². The van der Waals surface area contributed by atoms with Crippen molar-refractivity contribution in [3.63, 3.8) is 0 Å². The molecule has 2 heterocycles. The summed E-state index contributed by atoms with van der Waals surface area (Å²) in [6.07, 6.45) is 4.61. The van der Waals surface area contributed by atoms with Crippen molar-refractivity contribution in [3.8, 4) is 16.9 Å². The van der Waals surface area contributed by atoms with Crippen molar-refractivity contribution >= 4 is 34.8 Å². The Morgan fingerprint density at radius 2 is 1.88 bits per heavy atom. The molecule has 0 saturated carbocycles. The van der Waals surface area contributed by atoms with Gasteiger partial charge >= 0.3 is 0 Å². The topological polar surface area (TPSA) is 21.3 Å². The number of unbranched alkanes of at least 4 members (excludes halogenated alkanes) is 1. The van der Waals surface area contributed by atoms with Crippen LogP contribution in [-0.2, 0) is 6.42 Å². The highest BCUT2D eigenvalue weighted by atomic mass is 35.5. The van der Waals surface area contributed by atoms with Gasteiger partial charge in [-0.3, -0.25) is 0 Å². The van der Waals surface area contributed by atoms with Crippen molar-refractivity contribution in [2.45, 2.75) is 44.6 Å². The monoisotopic (exact) mass is 409 g/mol. The first-order valence-electron chi connectivity index (χ1n) is 9.27. The first kappa shape index (κ1) is 18.4. The quantitative estimate of drug-likeness (QED) is 0.621. The summed E-state index contributed by atoms with van der Waals surface area (Å²) in [5, 5.41) is 5.22. The number of rotatable bonds is 4. The maximum Gasteiger partial charge on any atom is 0.126 e. The molecule has 5 heteroatoms. The average Bonchev–Trinajstić information content (AvgIpc) is 2.98. The second-order valence-electron chi connectivity index (χ2n) is 7.16. The average molecular weight is 411 g/mol. The molecule has 1 saturated heterocycles. The van der Waals surface area contributed by atoms with Gasteiger partial charge < -0.3 is 10.1 Å². The Hall–Kier alpha value is -0.930. The van der Waals surface area contributed by atoms with E-state index in [9.17, 15) is 0 Å². The highest BCUT2D eigenvalue weighted by Gasteiger charge is 2.37. The lowest BCUT2D eigenvalue weighted by Gasteiger charge is -2.25. The van der Waals surface area contributed by atoms with Crippen LogP contribution in [0.2, 0.25) is 15.1 Å². The Balaban J connectivity index is 1.85. The van der Waals surface area contributed by atoms with E-state index in [0.717, 1.165) is 55.6 Å². The number of hydrogen-bond acceptors (Lipinski definition) is 2. The number of ether oxygens (including phenoxy) is 1. The molecule has 2 aromatic rings. The molecular weight excluding hydrogens is 389 g/mol. The fourth-order valence-electron chi connectivity index (χ4n) is 4.08. The van der Waals surface area contributed by atoms with Gasteiger partial charge in [0.15, 0.2) is 0 Å². The zero-order valence-corrected chi connectivity index (χ0v) is 17.0. The van der Waals surface area contributed by atoms with E-state index >= 15 is 0 Å². The molecule has 2 atom stereocenters. The van der Waals surface area contributed by atoms with E-state index in [1.165, 1.54) is 11.1 Å². The van der Waals surface area contributed by atoms with E-state index < -0.39 is 0 Å². The molecule has 0 radical (unpaired) electrons. The van der Waals surface area contributed by atoms with Gasteiger partial charge in [-0.2, -0.15) is 0 Å². The molecule has 0 aromatic heterocycles. The van der Waals surface area contributed by atoms with E-state index in [-0.39, 0.29) is 6.10 Å². The SMILES string of the molecule is CCCCc1cc(-c2c(Cl)cc(Cl)cc2Cl)cc2c1O[C@H]1CCNC[C@@H]21. The van der Waals surface area contributed by atoms with Crippen LogP contribution in [0.5, 0.6) is 5.75 Å². The minimum absolute atomic E-state index is 0.276. The standard InChI is InChI=1S/C21H22Cl3NO/c1-2-3-4-12-7-13(20-17(23)9-14(22)10-18(20)24)8-15-16-11-25-6-5-19(16)26-21(12)15/h7-10,16,19,25H,2-6,11H2,1H3/t16-,19-/m0/s1. The van der Waals surface area contributed by atoms with Gasteiger partial charge in [-0.1, -0.05) is 48.1 Å². The summed E-state index contributed by atoms with van der Waals surface area (Å²) >= 11 is 19.1. The third-order valence-corrected chi connectivity index (χ3v) is 6.19. The maximum atomic E-state index is 6.50. The Labute approximate surface area is 169 Å². The molecule has 138 valence electrons. The Morgan fingerprint density at radius 3 is 2.62 bits per heavy atom. The van der Waals surface area contributed by atoms with Gasteiger partial charge in [-0.05, 0) is 61.2 Å². The summed E-state index contributed by atoms with van der Waals surface area (Å²) in [6, 6.07) is 7.92. The van der Waals surface area contributed by atoms with Crippen molar-refractivity contribution < 1.29 is 4.74 Å². The Kier molecular flexibility index (Phi) is 5.38. The molecule has 2 nitrogen and oxygen atoms in total. The lowest BCUT2D eigenvalue weighted by Crippen LogP contribution is -2.37. The molecule has 0 amide bonds. The third-order valence-electron chi connectivity index (χ3n) is 5.38. The fourth-order valence-corrected chi connectivity index (χ4v) is 5.12. The number of halogens is 3. The van der Waals surface area contributed by atoms with Crippen LogP contribution in [0.15, 0.2) is 24.3 Å². The molecule has 26 heavy (non-hydrogen) atoms. The first-order valence-corrected chi connectivity index (χ1v) is 10.4. The van der Waals surface area contributed by atoms with Gasteiger partial charge in [0.25, 0.3) is 0 Å². The van der Waals surface area contributed by atoms with Gasteiger partial charge in [-0.25, -0.2) is 0 Å². The van der Waals surface area contributed by atoms with Gasteiger partial charge in [0, 0.05) is 28.6 Å². The number of aryl methyl sites for hydroxylation is 1. The van der Waals surface area contributed by atoms with Crippen LogP contribution in [0.25, 0.3) is 11.1 Å². The molecule has 2 aliphatic rings. The zero-order valence-electron chi connectivity index (χ0n) is 14.7. The summed E-state index contributed by atoms with van der Waals surface area (Å²) in [6.45, 7) is 4.18. The van der Waals surface area contributed by atoms with Crippen molar-refractivity contribution in [2.75, 3.05) is 13.1 Å². The van der Waals surface area contributed by atoms with Crippen LogP contribution >= 0.6 is 34.8 Å². The van der Waals surface area contributed by atoms with Crippen molar-refractivity contribution in [1.82, 2.24) is 5.32 Å². The minimum Gasteiger partial charge on any atom is -0.489 e. The lowest BCUT2D eigenvalue weighted by molar-refractivity contribution is 0.171. The van der Waals surface area contributed by atoms with E-state index in [2.05, 4.69) is 24.4 Å². The second-order valence-corrected chi connectivity index (χ2v) is 8.41. The molecule has 2 aliphatic heterocycles. The Morgan fingerprint density at radius 1 is 1.12 bits per heavy atom. The molecule has 0 spiro atoms. The summed E-state index contributed by atoms with van der Waals surface area (Å²) < 4.78 is 6.38. The molecule has 0 unspecified atom stereocenters. The predicted molar refractivity (Wildman–Crippen MR) is 110 cm³/mol. The van der Waals surface area contributed by atoms with Crippen molar-refractivity contribution in [2.24, 2.45) is 0 Å². The summed E-state index contributed by atoms with van der Waals surface area (Å²) in [5.74, 6) is 1.48.